The molecule has 0 unspecified atom stereocenters. The average Bonchev–Trinajstić information content (AvgIpc) is 3.57. The molecule has 0 radical (unpaired) electrons. The third-order valence-corrected chi connectivity index (χ3v) is 6.61. The zero-order valence-corrected chi connectivity index (χ0v) is 19.2. The van der Waals surface area contributed by atoms with Crippen LogP contribution in [0.15, 0.2) is 58.4 Å². The summed E-state index contributed by atoms with van der Waals surface area (Å²) in [5.74, 6) is 1.20. The number of benzene rings is 2. The quantitative estimate of drug-likeness (QED) is 0.258. The number of nitrogens with two attached hydrogens (primary N) is 1. The predicted molar refractivity (Wildman–Crippen MR) is 131 cm³/mol. The molecule has 5 rings (SSSR count). The summed E-state index contributed by atoms with van der Waals surface area (Å²) in [7, 11) is 0. The Balaban J connectivity index is 1.23. The molecule has 4 N–H and O–H groups in total. The van der Waals surface area contributed by atoms with Crippen molar-refractivity contribution in [3.63, 3.8) is 0 Å². The van der Waals surface area contributed by atoms with Crippen molar-refractivity contribution in [2.45, 2.75) is 25.3 Å². The van der Waals surface area contributed by atoms with Gasteiger partial charge in [0.2, 0.25) is 11.7 Å². The standard InChI is InChI=1S/C23H22ClN7OS/c24-16-7-3-14(4-8-16)19-13-33-23(28-19)27-17-9-5-15(6-10-17)21-29-20(32-30-21)12-18-2-1-11-31(18)22(25)26/h3-10,13,18H,1-2,11-12H2,(H3,25,26)(H,27,28)/t18-/m0/s1. The van der Waals surface area contributed by atoms with Crippen molar-refractivity contribution in [3.8, 4) is 22.6 Å². The molecule has 1 aliphatic heterocycles. The SMILES string of the molecule is N=C(N)N1CCC[C@H]1Cc1nc(-c2ccc(Nc3nc(-c4ccc(Cl)cc4)cs3)cc2)no1. The number of likely N-dealkylation sites (tertiary alicyclic amines) is 1. The first-order valence-electron chi connectivity index (χ1n) is 10.6. The molecule has 1 saturated heterocycles. The van der Waals surface area contributed by atoms with Gasteiger partial charge in [0, 0.05) is 46.2 Å². The van der Waals surface area contributed by atoms with E-state index >= 15 is 0 Å². The van der Waals surface area contributed by atoms with Crippen LogP contribution in [0.3, 0.4) is 0 Å². The second kappa shape index (κ2) is 9.21. The zero-order valence-electron chi connectivity index (χ0n) is 17.7. The number of nitrogens with zero attached hydrogens (tertiary/aromatic N) is 4. The number of thiazole rings is 1. The van der Waals surface area contributed by atoms with Crippen molar-refractivity contribution in [3.05, 3.63) is 64.8 Å². The first kappa shape index (κ1) is 21.4. The number of nitrogens with one attached hydrogen (secondary N) is 2. The molecule has 0 amide bonds. The van der Waals surface area contributed by atoms with Crippen molar-refractivity contribution in [1.82, 2.24) is 20.0 Å². The van der Waals surface area contributed by atoms with Gasteiger partial charge in [-0.1, -0.05) is 28.9 Å². The summed E-state index contributed by atoms with van der Waals surface area (Å²) in [6.45, 7) is 0.801. The fourth-order valence-electron chi connectivity index (χ4n) is 3.93. The average molecular weight is 480 g/mol. The lowest BCUT2D eigenvalue weighted by atomic mass is 10.1. The van der Waals surface area contributed by atoms with Crippen LogP contribution in [0.2, 0.25) is 5.02 Å². The summed E-state index contributed by atoms with van der Waals surface area (Å²) in [4.78, 5) is 11.1. The van der Waals surface area contributed by atoms with Crippen LogP contribution in [-0.4, -0.2) is 38.6 Å². The summed E-state index contributed by atoms with van der Waals surface area (Å²) in [6, 6.07) is 15.6. The lowest BCUT2D eigenvalue weighted by molar-refractivity contribution is 0.320. The molecule has 0 aliphatic carbocycles. The van der Waals surface area contributed by atoms with Crippen LogP contribution >= 0.6 is 22.9 Å². The minimum absolute atomic E-state index is 0.0980. The van der Waals surface area contributed by atoms with E-state index in [0.29, 0.717) is 23.2 Å². The zero-order chi connectivity index (χ0) is 22.8. The lowest BCUT2D eigenvalue weighted by Gasteiger charge is -2.23. The Hall–Kier alpha value is -3.43. The van der Waals surface area contributed by atoms with E-state index in [0.717, 1.165) is 47.0 Å². The van der Waals surface area contributed by atoms with E-state index < -0.39 is 0 Å². The van der Waals surface area contributed by atoms with Crippen molar-refractivity contribution in [2.75, 3.05) is 11.9 Å². The van der Waals surface area contributed by atoms with Crippen molar-refractivity contribution in [1.29, 1.82) is 5.41 Å². The molecule has 10 heteroatoms. The number of guanidine groups is 1. The van der Waals surface area contributed by atoms with Crippen LogP contribution in [0, 0.1) is 5.41 Å². The van der Waals surface area contributed by atoms with E-state index in [9.17, 15) is 0 Å². The van der Waals surface area contributed by atoms with Gasteiger partial charge in [0.25, 0.3) is 0 Å². The molecule has 1 atom stereocenters. The Labute approximate surface area is 199 Å². The lowest BCUT2D eigenvalue weighted by Crippen LogP contribution is -2.41. The predicted octanol–water partition coefficient (Wildman–Crippen LogP) is 5.16. The van der Waals surface area contributed by atoms with Gasteiger partial charge in [-0.15, -0.1) is 11.3 Å². The molecule has 0 bridgehead atoms. The molecule has 1 fully saturated rings. The maximum Gasteiger partial charge on any atom is 0.229 e. The Morgan fingerprint density at radius 3 is 2.67 bits per heavy atom. The van der Waals surface area contributed by atoms with Gasteiger partial charge in [-0.2, -0.15) is 4.98 Å². The maximum absolute atomic E-state index is 7.70. The number of rotatable bonds is 6. The van der Waals surface area contributed by atoms with E-state index in [1.165, 1.54) is 0 Å². The highest BCUT2D eigenvalue weighted by Gasteiger charge is 2.27. The van der Waals surface area contributed by atoms with E-state index in [-0.39, 0.29) is 12.0 Å². The minimum atomic E-state index is 0.0980. The van der Waals surface area contributed by atoms with Crippen LogP contribution in [0.1, 0.15) is 18.7 Å². The molecule has 2 aromatic carbocycles. The number of aromatic nitrogens is 3. The highest BCUT2D eigenvalue weighted by atomic mass is 35.5. The highest BCUT2D eigenvalue weighted by molar-refractivity contribution is 7.14. The van der Waals surface area contributed by atoms with Crippen molar-refractivity contribution < 1.29 is 4.52 Å². The van der Waals surface area contributed by atoms with Crippen LogP contribution in [0.4, 0.5) is 10.8 Å². The third-order valence-electron chi connectivity index (χ3n) is 5.60. The molecule has 33 heavy (non-hydrogen) atoms. The first-order valence-corrected chi connectivity index (χ1v) is 11.8. The molecule has 8 nitrogen and oxygen atoms in total. The van der Waals surface area contributed by atoms with Gasteiger partial charge < -0.3 is 20.5 Å². The Morgan fingerprint density at radius 2 is 1.91 bits per heavy atom. The smallest absolute Gasteiger partial charge is 0.229 e. The maximum atomic E-state index is 7.70. The van der Waals surface area contributed by atoms with Gasteiger partial charge in [0.05, 0.1) is 5.69 Å². The molecule has 168 valence electrons. The topological polar surface area (TPSA) is 117 Å². The van der Waals surface area contributed by atoms with Crippen LogP contribution in [-0.2, 0) is 6.42 Å². The summed E-state index contributed by atoms with van der Waals surface area (Å²) in [5.41, 5.74) is 9.39. The molecule has 0 saturated carbocycles. The van der Waals surface area contributed by atoms with Gasteiger partial charge >= 0.3 is 0 Å². The fourth-order valence-corrected chi connectivity index (χ4v) is 4.80. The van der Waals surface area contributed by atoms with Gasteiger partial charge in [-0.3, -0.25) is 5.41 Å². The normalized spacial score (nSPS) is 15.7. The Morgan fingerprint density at radius 1 is 1.15 bits per heavy atom. The first-order chi connectivity index (χ1) is 16.0. The number of halogens is 1. The monoisotopic (exact) mass is 479 g/mol. The van der Waals surface area contributed by atoms with Gasteiger partial charge in [-0.05, 0) is 49.2 Å². The highest BCUT2D eigenvalue weighted by Crippen LogP contribution is 2.29. The minimum Gasteiger partial charge on any atom is -0.370 e. The molecule has 1 aliphatic rings. The van der Waals surface area contributed by atoms with E-state index in [2.05, 4.69) is 20.4 Å². The Bertz CT molecular complexity index is 1250. The third kappa shape index (κ3) is 4.84. The molecule has 0 spiro atoms. The van der Waals surface area contributed by atoms with Crippen molar-refractivity contribution in [2.24, 2.45) is 5.73 Å². The summed E-state index contributed by atoms with van der Waals surface area (Å²) in [5, 5.41) is 18.7. The second-order valence-electron chi connectivity index (χ2n) is 7.84. The number of hydrogen-bond donors (Lipinski definition) is 3. The molecular formula is C23H22ClN7OS. The molecular weight excluding hydrogens is 458 g/mol. The number of anilines is 2. The number of hydrogen-bond acceptors (Lipinski definition) is 7. The van der Waals surface area contributed by atoms with Crippen LogP contribution < -0.4 is 11.1 Å². The summed E-state index contributed by atoms with van der Waals surface area (Å²) < 4.78 is 5.46. The van der Waals surface area contributed by atoms with Gasteiger partial charge in [-0.25, -0.2) is 4.98 Å². The Kier molecular flexibility index (Phi) is 5.97. The summed E-state index contributed by atoms with van der Waals surface area (Å²) in [6.07, 6.45) is 2.57. The molecule has 2 aromatic heterocycles. The molecule has 4 aromatic rings. The van der Waals surface area contributed by atoms with Gasteiger partial charge in [0.1, 0.15) is 0 Å². The molecule has 3 heterocycles. The van der Waals surface area contributed by atoms with Gasteiger partial charge in [0.15, 0.2) is 11.1 Å². The van der Waals surface area contributed by atoms with E-state index in [1.807, 2.05) is 58.8 Å². The fraction of sp³-hybridized carbons (Fsp3) is 0.217. The second-order valence-corrected chi connectivity index (χ2v) is 9.13. The largest absolute Gasteiger partial charge is 0.370 e. The summed E-state index contributed by atoms with van der Waals surface area (Å²) >= 11 is 7.51. The van der Waals surface area contributed by atoms with E-state index in [4.69, 9.17) is 27.3 Å². The van der Waals surface area contributed by atoms with Crippen molar-refractivity contribution >= 4 is 39.7 Å². The van der Waals surface area contributed by atoms with E-state index in [1.54, 1.807) is 11.3 Å². The van der Waals surface area contributed by atoms with Crippen LogP contribution in [0.5, 0.6) is 0 Å². The van der Waals surface area contributed by atoms with Crippen LogP contribution in [0.25, 0.3) is 22.6 Å².